The molecule has 33 heavy (non-hydrogen) atoms. The molecule has 4 rings (SSSR count). The number of aromatic amines is 1. The van der Waals surface area contributed by atoms with E-state index in [-0.39, 0.29) is 24.8 Å². The molecule has 1 saturated carbocycles. The summed E-state index contributed by atoms with van der Waals surface area (Å²) in [7, 11) is 0. The minimum absolute atomic E-state index is 0.0532. The van der Waals surface area contributed by atoms with Gasteiger partial charge < -0.3 is 20.3 Å². The number of likely N-dealkylation sites (tertiary alicyclic amines) is 1. The van der Waals surface area contributed by atoms with Gasteiger partial charge in [-0.15, -0.1) is 0 Å². The number of pyridine rings is 1. The fraction of sp³-hybridized carbons (Fsp3) is 0.381. The van der Waals surface area contributed by atoms with Gasteiger partial charge in [0.25, 0.3) is 17.7 Å². The topological polar surface area (TPSA) is 102 Å². The second-order valence-electron chi connectivity index (χ2n) is 8.29. The Morgan fingerprint density at radius 3 is 2.52 bits per heavy atom. The second kappa shape index (κ2) is 8.16. The van der Waals surface area contributed by atoms with E-state index in [1.165, 1.54) is 0 Å². The number of nitrogens with one attached hydrogen (secondary N) is 2. The number of rotatable bonds is 4. The van der Waals surface area contributed by atoms with Gasteiger partial charge in [-0.05, 0) is 18.3 Å². The van der Waals surface area contributed by atoms with Crippen LogP contribution in [-0.2, 0) is 6.54 Å². The lowest BCUT2D eigenvalue weighted by atomic mass is 10.1. The van der Waals surface area contributed by atoms with Crippen LogP contribution in [0.3, 0.4) is 0 Å². The molecular weight excluding hydrogens is 453 g/mol. The number of alkyl halides is 2. The number of carbonyl (C=O) groups excluding carboxylic acids is 2. The molecule has 2 atom stereocenters. The van der Waals surface area contributed by atoms with Crippen LogP contribution in [-0.4, -0.2) is 45.8 Å². The van der Waals surface area contributed by atoms with Crippen molar-refractivity contribution in [2.75, 3.05) is 13.1 Å². The van der Waals surface area contributed by atoms with Crippen LogP contribution in [0.5, 0.6) is 5.75 Å². The van der Waals surface area contributed by atoms with E-state index in [2.05, 4.69) is 10.3 Å². The van der Waals surface area contributed by atoms with E-state index >= 15 is 0 Å². The van der Waals surface area contributed by atoms with Gasteiger partial charge in [-0.25, -0.2) is 22.0 Å². The van der Waals surface area contributed by atoms with Crippen molar-refractivity contribution in [3.8, 4) is 5.75 Å². The van der Waals surface area contributed by atoms with E-state index in [0.717, 1.165) is 11.1 Å². The van der Waals surface area contributed by atoms with Gasteiger partial charge in [-0.1, -0.05) is 0 Å². The van der Waals surface area contributed by atoms with Crippen LogP contribution in [0.2, 0.25) is 0 Å². The Morgan fingerprint density at radius 2 is 1.85 bits per heavy atom. The molecule has 2 aromatic rings. The molecule has 7 nitrogen and oxygen atoms in total. The molecular formula is C21H18F5N3O4. The van der Waals surface area contributed by atoms with Crippen molar-refractivity contribution in [2.45, 2.75) is 25.3 Å². The van der Waals surface area contributed by atoms with Crippen LogP contribution < -0.4 is 10.7 Å². The van der Waals surface area contributed by atoms with Crippen molar-refractivity contribution in [1.82, 2.24) is 15.2 Å². The predicted octanol–water partition coefficient (Wildman–Crippen LogP) is 2.55. The number of amides is 2. The minimum Gasteiger partial charge on any atom is -0.503 e. The van der Waals surface area contributed by atoms with Crippen molar-refractivity contribution in [1.29, 1.82) is 0 Å². The lowest BCUT2D eigenvalue weighted by molar-refractivity contribution is -0.0315. The van der Waals surface area contributed by atoms with Crippen molar-refractivity contribution in [2.24, 2.45) is 11.8 Å². The Bertz CT molecular complexity index is 1180. The lowest BCUT2D eigenvalue weighted by Gasteiger charge is -2.25. The first kappa shape index (κ1) is 22.7. The molecule has 1 aromatic carbocycles. The summed E-state index contributed by atoms with van der Waals surface area (Å²) in [5.41, 5.74) is -3.27. The molecule has 12 heteroatoms. The number of hydrogen-bond donors (Lipinski definition) is 3. The number of halogens is 5. The summed E-state index contributed by atoms with van der Waals surface area (Å²) in [4.78, 5) is 40.6. The maximum absolute atomic E-state index is 14.1. The highest BCUT2D eigenvalue weighted by molar-refractivity contribution is 5.98. The molecule has 1 aliphatic heterocycles. The van der Waals surface area contributed by atoms with Gasteiger partial charge in [0.15, 0.2) is 11.4 Å². The largest absolute Gasteiger partial charge is 0.503 e. The number of aromatic hydroxyl groups is 1. The van der Waals surface area contributed by atoms with Gasteiger partial charge in [-0.3, -0.25) is 14.4 Å². The van der Waals surface area contributed by atoms with E-state index in [1.54, 1.807) is 0 Å². The summed E-state index contributed by atoms with van der Waals surface area (Å²) in [5, 5.41) is 12.2. The molecule has 1 saturated heterocycles. The molecule has 1 aromatic heterocycles. The van der Waals surface area contributed by atoms with Crippen molar-refractivity contribution >= 4 is 11.8 Å². The van der Waals surface area contributed by atoms with Crippen LogP contribution in [0.4, 0.5) is 22.0 Å². The quantitative estimate of drug-likeness (QED) is 0.597. The highest BCUT2D eigenvalue weighted by Crippen LogP contribution is 2.48. The number of hydrogen-bond acceptors (Lipinski definition) is 4. The average Bonchev–Trinajstić information content (AvgIpc) is 3.44. The molecule has 1 aliphatic carbocycles. The van der Waals surface area contributed by atoms with Gasteiger partial charge in [0, 0.05) is 43.4 Å². The maximum atomic E-state index is 14.1. The normalized spacial score (nSPS) is 21.2. The number of aromatic nitrogens is 1. The van der Waals surface area contributed by atoms with E-state index in [9.17, 15) is 41.4 Å². The molecule has 2 amide bonds. The van der Waals surface area contributed by atoms with Gasteiger partial charge in [-0.2, -0.15) is 0 Å². The third-order valence-electron chi connectivity index (χ3n) is 5.84. The molecule has 2 aliphatic rings. The monoisotopic (exact) mass is 471 g/mol. The molecule has 0 radical (unpaired) electrons. The molecule has 3 N–H and O–H groups in total. The minimum atomic E-state index is -3.10. The third kappa shape index (κ3) is 4.55. The summed E-state index contributed by atoms with van der Waals surface area (Å²) in [6.07, 6.45) is 1.02. The number of fused-ring (bicyclic) bond motifs is 1. The highest BCUT2D eigenvalue weighted by Gasteiger charge is 2.50. The molecule has 1 unspecified atom stereocenters. The molecule has 2 fully saturated rings. The van der Waals surface area contributed by atoms with Gasteiger partial charge in [0.2, 0.25) is 5.43 Å². The van der Waals surface area contributed by atoms with Crippen LogP contribution in [0.25, 0.3) is 0 Å². The van der Waals surface area contributed by atoms with E-state index in [4.69, 9.17) is 0 Å². The first-order valence-electron chi connectivity index (χ1n) is 10.00. The van der Waals surface area contributed by atoms with E-state index in [1.807, 2.05) is 0 Å². The number of benzene rings is 1. The van der Waals surface area contributed by atoms with Gasteiger partial charge in [0.05, 0.1) is 6.54 Å². The zero-order valence-electron chi connectivity index (χ0n) is 16.9. The van der Waals surface area contributed by atoms with Gasteiger partial charge >= 0.3 is 0 Å². The summed E-state index contributed by atoms with van der Waals surface area (Å²) in [6.45, 7) is -1.54. The Kier molecular flexibility index (Phi) is 5.62. The summed E-state index contributed by atoms with van der Waals surface area (Å²) >= 11 is 0. The summed E-state index contributed by atoms with van der Waals surface area (Å²) < 4.78 is 68.5. The SMILES string of the molecule is O=C(NCc1c(F)cc(F)cc1F)c1c[nH]c(C(=O)N2C[C@@H]3CC3CC(F)(F)C2)c(O)c1=O. The summed E-state index contributed by atoms with van der Waals surface area (Å²) in [6, 6.07) is 0.833. The first-order valence-corrected chi connectivity index (χ1v) is 10.00. The second-order valence-corrected chi connectivity index (χ2v) is 8.29. The van der Waals surface area contributed by atoms with Crippen LogP contribution >= 0.6 is 0 Å². The highest BCUT2D eigenvalue weighted by atomic mass is 19.3. The lowest BCUT2D eigenvalue weighted by Crippen LogP contribution is -2.41. The third-order valence-corrected chi connectivity index (χ3v) is 5.84. The Hall–Kier alpha value is -3.44. The van der Waals surface area contributed by atoms with Crippen molar-refractivity contribution < 1.29 is 36.6 Å². The van der Waals surface area contributed by atoms with Crippen molar-refractivity contribution in [3.63, 3.8) is 0 Å². The van der Waals surface area contributed by atoms with Gasteiger partial charge in [0.1, 0.15) is 23.0 Å². The van der Waals surface area contributed by atoms with Crippen LogP contribution in [0, 0.1) is 29.3 Å². The maximum Gasteiger partial charge on any atom is 0.274 e. The number of H-pyrrole nitrogens is 1. The van der Waals surface area contributed by atoms with Crippen LogP contribution in [0.15, 0.2) is 23.1 Å². The smallest absolute Gasteiger partial charge is 0.274 e. The van der Waals surface area contributed by atoms with E-state index < -0.39 is 76.3 Å². The predicted molar refractivity (Wildman–Crippen MR) is 103 cm³/mol. The van der Waals surface area contributed by atoms with E-state index in [0.29, 0.717) is 18.6 Å². The molecule has 2 heterocycles. The zero-order valence-corrected chi connectivity index (χ0v) is 16.9. The Morgan fingerprint density at radius 1 is 1.18 bits per heavy atom. The fourth-order valence-electron chi connectivity index (χ4n) is 4.03. The zero-order chi connectivity index (χ0) is 24.1. The fourth-order valence-corrected chi connectivity index (χ4v) is 4.03. The average molecular weight is 471 g/mol. The standard InChI is InChI=1S/C21H18F5N3O4/c22-11-2-14(23)12(15(24)3-11)5-28-19(32)13-6-27-16(18(31)17(13)30)20(33)29-7-10-1-9(10)4-21(25,26)8-29/h2-3,6,9-10,31H,1,4-5,7-8H2,(H,27,30)(H,28,32)/t9?,10-/m0/s1. The molecule has 0 bridgehead atoms. The van der Waals surface area contributed by atoms with Crippen molar-refractivity contribution in [3.05, 3.63) is 62.8 Å². The van der Waals surface area contributed by atoms with Crippen LogP contribution in [0.1, 0.15) is 39.3 Å². The number of carbonyl (C=O) groups is 2. The Balaban J connectivity index is 1.52. The summed E-state index contributed by atoms with van der Waals surface area (Å²) in [5.74, 6) is -10.3. The molecule has 0 spiro atoms. The Labute approximate surface area is 183 Å². The molecule has 176 valence electrons. The first-order chi connectivity index (χ1) is 15.5. The number of nitrogens with zero attached hydrogens (tertiary/aromatic N) is 1.